The van der Waals surface area contributed by atoms with Crippen molar-refractivity contribution in [1.29, 1.82) is 0 Å². The topological polar surface area (TPSA) is 80.9 Å². The third-order valence-electron chi connectivity index (χ3n) is 7.35. The normalized spacial score (nSPS) is 11.6. The summed E-state index contributed by atoms with van der Waals surface area (Å²) >= 11 is 3.26. The number of hydrogen-bond acceptors (Lipinski definition) is 8. The van der Waals surface area contributed by atoms with Crippen molar-refractivity contribution in [3.63, 3.8) is 0 Å². The van der Waals surface area contributed by atoms with E-state index in [0.29, 0.717) is 5.82 Å². The Morgan fingerprint density at radius 2 is 1.58 bits per heavy atom. The fourth-order valence-electron chi connectivity index (χ4n) is 4.93. The monoisotopic (exact) mass is 597 g/mol. The van der Waals surface area contributed by atoms with Crippen LogP contribution in [0.25, 0.3) is 37.9 Å². The van der Waals surface area contributed by atoms with Gasteiger partial charge < -0.3 is 0 Å². The van der Waals surface area contributed by atoms with Crippen LogP contribution in [0.4, 0.5) is 5.82 Å². The molecule has 3 aromatic heterocycles. The summed E-state index contributed by atoms with van der Waals surface area (Å²) in [6.07, 6.45) is 1.81. The number of hydrazone groups is 1. The van der Waals surface area contributed by atoms with Crippen LogP contribution in [0.2, 0.25) is 0 Å². The highest BCUT2D eigenvalue weighted by molar-refractivity contribution is 8.01. The van der Waals surface area contributed by atoms with Crippen LogP contribution in [0.3, 0.4) is 0 Å². The number of anilines is 1. The minimum Gasteiger partial charge on any atom is -0.259 e. The average molecular weight is 598 g/mol. The Kier molecular flexibility index (Phi) is 7.18. The first-order valence-electron chi connectivity index (χ1n) is 13.9. The van der Waals surface area contributed by atoms with Crippen LogP contribution in [0.15, 0.2) is 112 Å². The summed E-state index contributed by atoms with van der Waals surface area (Å²) < 4.78 is 4.06. The highest BCUT2D eigenvalue weighted by Gasteiger charge is 2.19. The van der Waals surface area contributed by atoms with Crippen LogP contribution in [-0.4, -0.2) is 31.2 Å². The van der Waals surface area contributed by atoms with Gasteiger partial charge in [-0.2, -0.15) is 10.2 Å². The molecule has 0 amide bonds. The first-order valence-corrected chi connectivity index (χ1v) is 15.5. The molecule has 0 aliphatic rings. The van der Waals surface area contributed by atoms with Crippen LogP contribution in [-0.2, 0) is 0 Å². The Morgan fingerprint density at radius 1 is 0.814 bits per heavy atom. The van der Waals surface area contributed by atoms with Gasteiger partial charge in [-0.05, 0) is 74.0 Å². The van der Waals surface area contributed by atoms with Crippen molar-refractivity contribution in [2.24, 2.45) is 5.10 Å². The van der Waals surface area contributed by atoms with Crippen LogP contribution < -0.4 is 5.43 Å². The molecule has 43 heavy (non-hydrogen) atoms. The van der Waals surface area contributed by atoms with Crippen LogP contribution in [0.1, 0.15) is 22.4 Å². The number of aryl methyl sites for hydroxylation is 3. The van der Waals surface area contributed by atoms with E-state index in [1.165, 1.54) is 11.1 Å². The van der Waals surface area contributed by atoms with E-state index in [-0.39, 0.29) is 0 Å². The van der Waals surface area contributed by atoms with Crippen molar-refractivity contribution in [2.75, 3.05) is 5.43 Å². The number of benzene rings is 4. The molecule has 4 aromatic carbocycles. The number of hydrogen-bond donors (Lipinski definition) is 1. The Balaban J connectivity index is 1.25. The van der Waals surface area contributed by atoms with Gasteiger partial charge >= 0.3 is 0 Å². The predicted molar refractivity (Wildman–Crippen MR) is 178 cm³/mol. The summed E-state index contributed by atoms with van der Waals surface area (Å²) in [7, 11) is 0. The van der Waals surface area contributed by atoms with E-state index in [2.05, 4.69) is 64.9 Å². The van der Waals surface area contributed by atoms with E-state index in [9.17, 15) is 0 Å². The molecule has 0 spiro atoms. The average Bonchev–Trinajstić information content (AvgIpc) is 3.59. The fraction of sp³-hybridized carbons (Fsp3) is 0.0882. The molecule has 0 atom stereocenters. The largest absolute Gasteiger partial charge is 0.259 e. The molecule has 7 rings (SSSR count). The number of nitrogens with zero attached hydrogens (tertiary/aromatic N) is 6. The summed E-state index contributed by atoms with van der Waals surface area (Å²) in [4.78, 5) is 4.86. The van der Waals surface area contributed by atoms with Crippen LogP contribution in [0, 0.1) is 20.8 Å². The van der Waals surface area contributed by atoms with Gasteiger partial charge in [0.1, 0.15) is 10.7 Å². The molecule has 0 unspecified atom stereocenters. The maximum absolute atomic E-state index is 4.89. The molecule has 0 saturated heterocycles. The van der Waals surface area contributed by atoms with Gasteiger partial charge in [-0.25, -0.2) is 9.67 Å². The van der Waals surface area contributed by atoms with Gasteiger partial charge in [-0.3, -0.25) is 5.43 Å². The van der Waals surface area contributed by atoms with Gasteiger partial charge in [0.05, 0.1) is 33.4 Å². The molecule has 0 aliphatic carbocycles. The summed E-state index contributed by atoms with van der Waals surface area (Å²) in [6.45, 7) is 6.23. The summed E-state index contributed by atoms with van der Waals surface area (Å²) in [5.74, 6) is 0.591. The maximum Gasteiger partial charge on any atom is 0.176 e. The minimum atomic E-state index is 0.591. The van der Waals surface area contributed by atoms with Crippen molar-refractivity contribution >= 4 is 56.1 Å². The molecule has 7 aromatic rings. The quantitative estimate of drug-likeness (QED) is 0.146. The van der Waals surface area contributed by atoms with Crippen molar-refractivity contribution in [3.8, 4) is 16.9 Å². The Hall–Kier alpha value is -4.86. The molecule has 3 heterocycles. The van der Waals surface area contributed by atoms with Crippen molar-refractivity contribution in [2.45, 2.75) is 30.1 Å². The minimum absolute atomic E-state index is 0.591. The van der Waals surface area contributed by atoms with E-state index in [1.54, 1.807) is 23.1 Å². The van der Waals surface area contributed by atoms with Crippen molar-refractivity contribution in [3.05, 3.63) is 119 Å². The Morgan fingerprint density at radius 3 is 2.40 bits per heavy atom. The third kappa shape index (κ3) is 5.29. The number of rotatable bonds is 7. The van der Waals surface area contributed by atoms with Crippen LogP contribution in [0.5, 0.6) is 0 Å². The van der Waals surface area contributed by atoms with Crippen LogP contribution >= 0.6 is 23.1 Å². The molecule has 7 nitrogen and oxygen atoms in total. The first kappa shape index (κ1) is 27.0. The standard InChI is InChI=1S/C34H27N7S2/c1-21-17-18-24(19-22(21)2)31-26-13-7-8-14-27(26)32(39-37-31)38-35-20-28-23(3)40-41(25-11-5-4-6-12-25)33(28)43-34-36-29-15-9-10-16-30(29)42-34/h4-20H,1-3H3,(H,38,39)/b35-20-. The molecule has 0 bridgehead atoms. The van der Waals surface area contributed by atoms with Gasteiger partial charge in [0.2, 0.25) is 0 Å². The molecule has 210 valence electrons. The number of fused-ring (bicyclic) bond motifs is 2. The molecule has 0 saturated carbocycles. The highest BCUT2D eigenvalue weighted by Crippen LogP contribution is 2.38. The molecular formula is C34H27N7S2. The molecule has 0 aliphatic heterocycles. The molecule has 9 heteroatoms. The lowest BCUT2D eigenvalue weighted by molar-refractivity contribution is 0.793. The fourth-order valence-corrected chi connectivity index (χ4v) is 7.16. The van der Waals surface area contributed by atoms with E-state index >= 15 is 0 Å². The van der Waals surface area contributed by atoms with E-state index in [4.69, 9.17) is 10.1 Å². The van der Waals surface area contributed by atoms with Crippen molar-refractivity contribution in [1.82, 2.24) is 25.0 Å². The van der Waals surface area contributed by atoms with Gasteiger partial charge in [-0.15, -0.1) is 21.5 Å². The molecule has 1 N–H and O–H groups in total. The Labute approximate surface area is 257 Å². The smallest absolute Gasteiger partial charge is 0.176 e. The van der Waals surface area contributed by atoms with Gasteiger partial charge in [0.15, 0.2) is 10.2 Å². The van der Waals surface area contributed by atoms with E-state index in [1.807, 2.05) is 84.6 Å². The second-order valence-electron chi connectivity index (χ2n) is 10.2. The lowest BCUT2D eigenvalue weighted by atomic mass is 10.0. The summed E-state index contributed by atoms with van der Waals surface area (Å²) in [5.41, 5.74) is 11.3. The van der Waals surface area contributed by atoms with Gasteiger partial charge in [-0.1, -0.05) is 66.7 Å². The lowest BCUT2D eigenvalue weighted by Crippen LogP contribution is -2.00. The lowest BCUT2D eigenvalue weighted by Gasteiger charge is -2.10. The van der Waals surface area contributed by atoms with E-state index < -0.39 is 0 Å². The van der Waals surface area contributed by atoms with Crippen molar-refractivity contribution < 1.29 is 0 Å². The number of para-hydroxylation sites is 2. The molecular weight excluding hydrogens is 571 g/mol. The predicted octanol–water partition coefficient (Wildman–Crippen LogP) is 8.61. The number of aromatic nitrogens is 5. The number of nitrogens with one attached hydrogen (secondary N) is 1. The zero-order valence-corrected chi connectivity index (χ0v) is 25.4. The highest BCUT2D eigenvalue weighted by atomic mass is 32.2. The first-order chi connectivity index (χ1) is 21.0. The number of thiazole rings is 1. The second-order valence-corrected chi connectivity index (χ2v) is 12.5. The Bertz CT molecular complexity index is 2100. The summed E-state index contributed by atoms with van der Waals surface area (Å²) in [6, 6.07) is 32.8. The maximum atomic E-state index is 4.89. The summed E-state index contributed by atoms with van der Waals surface area (Å²) in [5, 5.41) is 21.6. The molecule has 0 fully saturated rings. The molecule has 0 radical (unpaired) electrons. The van der Waals surface area contributed by atoms with Gasteiger partial charge in [0, 0.05) is 16.3 Å². The van der Waals surface area contributed by atoms with E-state index in [0.717, 1.165) is 58.6 Å². The third-order valence-corrected chi connectivity index (χ3v) is 9.54. The SMILES string of the molecule is Cc1ccc(-c2nnc(N/N=C\c3c(C)nn(-c4ccccc4)c3Sc3nc4ccccc4s3)c3ccccc23)cc1C. The van der Waals surface area contributed by atoms with Gasteiger partial charge in [0.25, 0.3) is 0 Å². The zero-order valence-electron chi connectivity index (χ0n) is 23.8. The zero-order chi connectivity index (χ0) is 29.3. The second kappa shape index (κ2) is 11.4.